The summed E-state index contributed by atoms with van der Waals surface area (Å²) in [6.45, 7) is 7.86. The number of amides is 1. The van der Waals surface area contributed by atoms with Gasteiger partial charge in [0.2, 0.25) is 5.91 Å². The Morgan fingerprint density at radius 3 is 2.62 bits per heavy atom. The Morgan fingerprint density at radius 1 is 1.16 bits per heavy atom. The molecule has 9 nitrogen and oxygen atoms in total. The van der Waals surface area contributed by atoms with Crippen LogP contribution in [0.4, 0.5) is 11.5 Å². The fraction of sp³-hybridized carbons (Fsp3) is 0.321. The van der Waals surface area contributed by atoms with Gasteiger partial charge in [-0.2, -0.15) is 10.4 Å². The van der Waals surface area contributed by atoms with Crippen LogP contribution < -0.4 is 15.0 Å². The molecular weight excluding hydrogens is 466 g/mol. The van der Waals surface area contributed by atoms with E-state index in [2.05, 4.69) is 26.4 Å². The first-order chi connectivity index (χ1) is 17.9. The predicted octanol–water partition coefficient (Wildman–Crippen LogP) is 4.62. The van der Waals surface area contributed by atoms with E-state index in [1.165, 1.54) is 0 Å². The molecule has 0 saturated carbocycles. The Bertz CT molecular complexity index is 1460. The SMILES string of the molecule is CCOc1cc(-c2ccc(N3CCC(C)(C(=O)Nc4ccc(C)nc4)CC3)nc2)c2c(C#N)cnn2c1. The van der Waals surface area contributed by atoms with Gasteiger partial charge in [0.15, 0.2) is 0 Å². The number of hydrogen-bond acceptors (Lipinski definition) is 7. The quantitative estimate of drug-likeness (QED) is 0.416. The number of piperidine rings is 1. The number of aryl methyl sites for hydroxylation is 1. The van der Waals surface area contributed by atoms with Crippen molar-refractivity contribution in [1.82, 2.24) is 19.6 Å². The topological polar surface area (TPSA) is 108 Å². The summed E-state index contributed by atoms with van der Waals surface area (Å²) in [5.74, 6) is 1.56. The molecule has 0 atom stereocenters. The number of carbonyl (C=O) groups is 1. The van der Waals surface area contributed by atoms with Crippen LogP contribution in [0.1, 0.15) is 37.9 Å². The molecule has 1 amide bonds. The van der Waals surface area contributed by atoms with Gasteiger partial charge < -0.3 is 15.0 Å². The Hall–Kier alpha value is -4.45. The highest BCUT2D eigenvalue weighted by molar-refractivity contribution is 5.95. The minimum atomic E-state index is -0.456. The molecule has 1 N–H and O–H groups in total. The van der Waals surface area contributed by atoms with Gasteiger partial charge in [-0.1, -0.05) is 6.92 Å². The number of nitrogens with zero attached hydrogens (tertiary/aromatic N) is 6. The van der Waals surface area contributed by atoms with E-state index in [1.54, 1.807) is 23.1 Å². The molecule has 1 aliphatic heterocycles. The summed E-state index contributed by atoms with van der Waals surface area (Å²) in [5, 5.41) is 16.9. The second-order valence-corrected chi connectivity index (χ2v) is 9.58. The molecule has 5 heterocycles. The van der Waals surface area contributed by atoms with E-state index in [-0.39, 0.29) is 5.91 Å². The van der Waals surface area contributed by atoms with Crippen LogP contribution in [0, 0.1) is 23.7 Å². The summed E-state index contributed by atoms with van der Waals surface area (Å²) in [7, 11) is 0. The molecule has 0 radical (unpaired) electrons. The van der Waals surface area contributed by atoms with Crippen molar-refractivity contribution in [3.05, 3.63) is 66.4 Å². The molecule has 9 heteroatoms. The summed E-state index contributed by atoms with van der Waals surface area (Å²) in [6, 6.07) is 11.9. The lowest BCUT2D eigenvalue weighted by Gasteiger charge is -2.38. The minimum Gasteiger partial charge on any atom is -0.492 e. The van der Waals surface area contributed by atoms with Crippen LogP contribution in [0.5, 0.6) is 5.75 Å². The third-order valence-electron chi connectivity index (χ3n) is 6.99. The van der Waals surface area contributed by atoms with Gasteiger partial charge >= 0.3 is 0 Å². The van der Waals surface area contributed by atoms with Crippen LogP contribution in [-0.2, 0) is 4.79 Å². The number of fused-ring (bicyclic) bond motifs is 1. The molecule has 0 aromatic carbocycles. The lowest BCUT2D eigenvalue weighted by Crippen LogP contribution is -2.45. The van der Waals surface area contributed by atoms with Crippen LogP contribution in [-0.4, -0.2) is 45.2 Å². The van der Waals surface area contributed by atoms with Gasteiger partial charge in [0.05, 0.1) is 47.4 Å². The first-order valence-corrected chi connectivity index (χ1v) is 12.4. The van der Waals surface area contributed by atoms with Gasteiger partial charge in [0.25, 0.3) is 0 Å². The van der Waals surface area contributed by atoms with Crippen LogP contribution in [0.2, 0.25) is 0 Å². The highest BCUT2D eigenvalue weighted by atomic mass is 16.5. The zero-order chi connectivity index (χ0) is 26.0. The van der Waals surface area contributed by atoms with Gasteiger partial charge in [-0.15, -0.1) is 0 Å². The van der Waals surface area contributed by atoms with Gasteiger partial charge in [0.1, 0.15) is 17.6 Å². The second kappa shape index (κ2) is 9.90. The maximum atomic E-state index is 13.0. The number of nitrogens with one attached hydrogen (secondary N) is 1. The summed E-state index contributed by atoms with van der Waals surface area (Å²) >= 11 is 0. The van der Waals surface area contributed by atoms with Crippen molar-refractivity contribution in [2.24, 2.45) is 5.41 Å². The third kappa shape index (κ3) is 4.83. The average Bonchev–Trinajstić information content (AvgIpc) is 3.33. The lowest BCUT2D eigenvalue weighted by atomic mass is 9.79. The highest BCUT2D eigenvalue weighted by Crippen LogP contribution is 2.35. The van der Waals surface area contributed by atoms with Crippen molar-refractivity contribution < 1.29 is 9.53 Å². The Kier molecular flexibility index (Phi) is 6.49. The molecule has 5 rings (SSSR count). The van der Waals surface area contributed by atoms with E-state index in [4.69, 9.17) is 9.72 Å². The van der Waals surface area contributed by atoms with E-state index >= 15 is 0 Å². The monoisotopic (exact) mass is 495 g/mol. The molecular formula is C28H29N7O2. The first-order valence-electron chi connectivity index (χ1n) is 12.4. The molecule has 4 aromatic heterocycles. The Morgan fingerprint density at radius 2 is 1.97 bits per heavy atom. The molecule has 37 heavy (non-hydrogen) atoms. The standard InChI is InChI=1S/C28H29N7O2/c1-4-37-23-13-24(26-21(14-29)16-32-35(26)18-23)20-6-8-25(31-15-20)34-11-9-28(3,10-12-34)27(36)33-22-7-5-19(2)30-17-22/h5-8,13,15-18H,4,9-12H2,1-3H3,(H,33,36). The van der Waals surface area contributed by atoms with E-state index < -0.39 is 5.41 Å². The molecule has 0 aliphatic carbocycles. The van der Waals surface area contributed by atoms with Gasteiger partial charge in [0, 0.05) is 36.1 Å². The second-order valence-electron chi connectivity index (χ2n) is 9.58. The molecule has 188 valence electrons. The molecule has 1 aliphatic rings. The van der Waals surface area contributed by atoms with Gasteiger partial charge in [-0.3, -0.25) is 9.78 Å². The summed E-state index contributed by atoms with van der Waals surface area (Å²) in [5.41, 5.74) is 4.12. The van der Waals surface area contributed by atoms with Crippen molar-refractivity contribution in [2.45, 2.75) is 33.6 Å². The van der Waals surface area contributed by atoms with Crippen LogP contribution in [0.25, 0.3) is 16.6 Å². The number of carbonyl (C=O) groups excluding carboxylic acids is 1. The molecule has 1 fully saturated rings. The lowest BCUT2D eigenvalue weighted by molar-refractivity contribution is -0.125. The normalized spacial score (nSPS) is 14.8. The highest BCUT2D eigenvalue weighted by Gasteiger charge is 2.37. The predicted molar refractivity (Wildman–Crippen MR) is 141 cm³/mol. The zero-order valence-electron chi connectivity index (χ0n) is 21.2. The minimum absolute atomic E-state index is 0.0217. The van der Waals surface area contributed by atoms with Crippen molar-refractivity contribution in [1.29, 1.82) is 5.26 Å². The maximum absolute atomic E-state index is 13.0. The number of aromatic nitrogens is 4. The Balaban J connectivity index is 1.31. The number of nitriles is 1. The molecule has 1 saturated heterocycles. The van der Waals surface area contributed by atoms with Crippen molar-refractivity contribution in [3.63, 3.8) is 0 Å². The summed E-state index contributed by atoms with van der Waals surface area (Å²) < 4.78 is 7.39. The summed E-state index contributed by atoms with van der Waals surface area (Å²) in [6.07, 6.45) is 8.30. The number of anilines is 2. The first kappa shape index (κ1) is 24.3. The fourth-order valence-corrected chi connectivity index (χ4v) is 4.66. The number of ether oxygens (including phenoxy) is 1. The van der Waals surface area contributed by atoms with Crippen LogP contribution in [0.3, 0.4) is 0 Å². The van der Waals surface area contributed by atoms with Crippen molar-refractivity contribution >= 4 is 22.9 Å². The third-order valence-corrected chi connectivity index (χ3v) is 6.99. The number of rotatable bonds is 6. The van der Waals surface area contributed by atoms with Gasteiger partial charge in [-0.05, 0) is 57.0 Å². The summed E-state index contributed by atoms with van der Waals surface area (Å²) in [4.78, 5) is 24.2. The zero-order valence-corrected chi connectivity index (χ0v) is 21.2. The van der Waals surface area contributed by atoms with Crippen molar-refractivity contribution in [3.8, 4) is 22.9 Å². The van der Waals surface area contributed by atoms with Crippen LogP contribution >= 0.6 is 0 Å². The number of pyridine rings is 3. The van der Waals surface area contributed by atoms with Crippen molar-refractivity contribution in [2.75, 3.05) is 29.9 Å². The number of hydrogen-bond donors (Lipinski definition) is 1. The Labute approximate surface area is 215 Å². The average molecular weight is 496 g/mol. The fourth-order valence-electron chi connectivity index (χ4n) is 4.66. The van der Waals surface area contributed by atoms with E-state index in [0.29, 0.717) is 17.9 Å². The maximum Gasteiger partial charge on any atom is 0.230 e. The van der Waals surface area contributed by atoms with E-state index in [9.17, 15) is 10.1 Å². The van der Waals surface area contributed by atoms with Gasteiger partial charge in [-0.25, -0.2) is 9.50 Å². The van der Waals surface area contributed by atoms with E-state index in [0.717, 1.165) is 59.8 Å². The molecule has 0 bridgehead atoms. The molecule has 4 aromatic rings. The largest absolute Gasteiger partial charge is 0.492 e. The molecule has 0 unspecified atom stereocenters. The van der Waals surface area contributed by atoms with E-state index in [1.807, 2.05) is 57.3 Å². The van der Waals surface area contributed by atoms with Crippen LogP contribution in [0.15, 0.2) is 55.1 Å². The molecule has 0 spiro atoms. The smallest absolute Gasteiger partial charge is 0.230 e.